The second kappa shape index (κ2) is 7.68. The highest BCUT2D eigenvalue weighted by Crippen LogP contribution is 2.15. The van der Waals surface area contributed by atoms with Gasteiger partial charge >= 0.3 is 5.97 Å². The van der Waals surface area contributed by atoms with Gasteiger partial charge in [0.05, 0.1) is 5.56 Å². The molecule has 0 spiro atoms. The molecule has 0 atom stereocenters. The number of benzene rings is 2. The van der Waals surface area contributed by atoms with Crippen molar-refractivity contribution in [1.29, 1.82) is 0 Å². The van der Waals surface area contributed by atoms with Gasteiger partial charge in [-0.1, -0.05) is 26.0 Å². The molecule has 0 aliphatic carbocycles. The molecule has 0 aliphatic rings. The molecule has 0 heterocycles. The fraction of sp³-hybridized carbons (Fsp3) is 0.222. The lowest BCUT2D eigenvalue weighted by Gasteiger charge is -2.08. The van der Waals surface area contributed by atoms with E-state index in [1.54, 1.807) is 12.1 Å². The summed E-state index contributed by atoms with van der Waals surface area (Å²) in [7, 11) is 0. The minimum Gasteiger partial charge on any atom is -0.452 e. The molecule has 2 aromatic carbocycles. The zero-order valence-electron chi connectivity index (χ0n) is 13.3. The van der Waals surface area contributed by atoms with Crippen molar-refractivity contribution < 1.29 is 23.1 Å². The molecule has 2 aromatic rings. The van der Waals surface area contributed by atoms with Gasteiger partial charge in [-0.05, 0) is 35.7 Å². The summed E-state index contributed by atoms with van der Waals surface area (Å²) in [6.07, 6.45) is 0. The van der Waals surface area contributed by atoms with Gasteiger partial charge in [0.15, 0.2) is 18.2 Å². The zero-order chi connectivity index (χ0) is 17.7. The third kappa shape index (κ3) is 4.62. The molecule has 6 heteroatoms. The Morgan fingerprint density at radius 1 is 1.04 bits per heavy atom. The van der Waals surface area contributed by atoms with Crippen LogP contribution in [0.3, 0.4) is 0 Å². The van der Waals surface area contributed by atoms with Crippen molar-refractivity contribution in [2.45, 2.75) is 19.8 Å². The van der Waals surface area contributed by atoms with Crippen molar-refractivity contribution >= 4 is 17.6 Å². The summed E-state index contributed by atoms with van der Waals surface area (Å²) in [6, 6.07) is 9.86. The lowest BCUT2D eigenvalue weighted by molar-refractivity contribution is -0.119. The first-order chi connectivity index (χ1) is 11.4. The molecule has 1 amide bonds. The summed E-state index contributed by atoms with van der Waals surface area (Å²) in [6.45, 7) is 3.55. The Morgan fingerprint density at radius 3 is 2.29 bits per heavy atom. The molecule has 0 saturated carbocycles. The summed E-state index contributed by atoms with van der Waals surface area (Å²) in [5.41, 5.74) is 1.50. The highest BCUT2D eigenvalue weighted by atomic mass is 19.2. The second-order valence-corrected chi connectivity index (χ2v) is 5.53. The summed E-state index contributed by atoms with van der Waals surface area (Å²) in [5.74, 6) is -3.02. The van der Waals surface area contributed by atoms with E-state index >= 15 is 0 Å². The van der Waals surface area contributed by atoms with Gasteiger partial charge in [0.1, 0.15) is 0 Å². The van der Waals surface area contributed by atoms with Crippen LogP contribution in [-0.2, 0) is 9.53 Å². The first-order valence-corrected chi connectivity index (χ1v) is 7.39. The number of amides is 1. The van der Waals surface area contributed by atoms with E-state index in [2.05, 4.69) is 5.32 Å². The van der Waals surface area contributed by atoms with Crippen molar-refractivity contribution in [3.8, 4) is 0 Å². The number of nitrogens with one attached hydrogen (secondary N) is 1. The van der Waals surface area contributed by atoms with E-state index in [0.29, 0.717) is 11.5 Å². The molecule has 0 aliphatic heterocycles. The fourth-order valence-electron chi connectivity index (χ4n) is 1.99. The predicted molar refractivity (Wildman–Crippen MR) is 85.8 cm³/mol. The van der Waals surface area contributed by atoms with Crippen molar-refractivity contribution in [2.75, 3.05) is 11.9 Å². The van der Waals surface area contributed by atoms with E-state index in [1.807, 2.05) is 26.0 Å². The topological polar surface area (TPSA) is 55.4 Å². The Bertz CT molecular complexity index is 742. The van der Waals surface area contributed by atoms with Gasteiger partial charge in [-0.2, -0.15) is 0 Å². The van der Waals surface area contributed by atoms with Crippen LogP contribution in [0.15, 0.2) is 42.5 Å². The van der Waals surface area contributed by atoms with Gasteiger partial charge in [0.2, 0.25) is 0 Å². The van der Waals surface area contributed by atoms with Crippen molar-refractivity contribution in [3.05, 3.63) is 65.2 Å². The van der Waals surface area contributed by atoms with Gasteiger partial charge in [-0.3, -0.25) is 4.79 Å². The van der Waals surface area contributed by atoms with Crippen LogP contribution in [0.2, 0.25) is 0 Å². The minimum absolute atomic E-state index is 0.0798. The number of esters is 1. The van der Waals surface area contributed by atoms with Crippen LogP contribution in [0.25, 0.3) is 0 Å². The summed E-state index contributed by atoms with van der Waals surface area (Å²) in [4.78, 5) is 23.6. The largest absolute Gasteiger partial charge is 0.452 e. The third-order valence-corrected chi connectivity index (χ3v) is 3.35. The summed E-state index contributed by atoms with van der Waals surface area (Å²) in [5, 5.41) is 2.32. The lowest BCUT2D eigenvalue weighted by Crippen LogP contribution is -2.21. The molecule has 126 valence electrons. The van der Waals surface area contributed by atoms with Gasteiger partial charge < -0.3 is 10.1 Å². The third-order valence-electron chi connectivity index (χ3n) is 3.35. The molecule has 0 aromatic heterocycles. The van der Waals surface area contributed by atoms with Crippen LogP contribution < -0.4 is 5.32 Å². The highest BCUT2D eigenvalue weighted by molar-refractivity contribution is 5.95. The zero-order valence-corrected chi connectivity index (χ0v) is 13.3. The van der Waals surface area contributed by atoms with Crippen molar-refractivity contribution in [2.24, 2.45) is 0 Å². The molecule has 0 saturated heterocycles. The Labute approximate surface area is 138 Å². The van der Waals surface area contributed by atoms with Crippen LogP contribution >= 0.6 is 0 Å². The van der Waals surface area contributed by atoms with E-state index in [1.165, 1.54) is 6.07 Å². The summed E-state index contributed by atoms with van der Waals surface area (Å²) >= 11 is 0. The smallest absolute Gasteiger partial charge is 0.338 e. The van der Waals surface area contributed by atoms with Crippen LogP contribution in [0.5, 0.6) is 0 Å². The molecule has 0 unspecified atom stereocenters. The molecule has 0 radical (unpaired) electrons. The monoisotopic (exact) mass is 333 g/mol. The van der Waals surface area contributed by atoms with Crippen molar-refractivity contribution in [1.82, 2.24) is 0 Å². The van der Waals surface area contributed by atoms with E-state index < -0.39 is 30.1 Å². The molecule has 24 heavy (non-hydrogen) atoms. The standard InChI is InChI=1S/C18H17F2NO3/c1-11(2)12-3-5-13(6-4-12)18(23)24-10-17(22)21-14-7-8-15(19)16(20)9-14/h3-9,11H,10H2,1-2H3,(H,21,22). The summed E-state index contributed by atoms with van der Waals surface area (Å²) < 4.78 is 30.7. The molecule has 1 N–H and O–H groups in total. The average Bonchev–Trinajstić information content (AvgIpc) is 2.56. The number of hydrogen-bond donors (Lipinski definition) is 1. The number of halogens is 2. The van der Waals surface area contributed by atoms with E-state index in [4.69, 9.17) is 4.74 Å². The molecule has 4 nitrogen and oxygen atoms in total. The van der Waals surface area contributed by atoms with Crippen LogP contribution in [0, 0.1) is 11.6 Å². The number of carbonyl (C=O) groups is 2. The number of ether oxygens (including phenoxy) is 1. The second-order valence-electron chi connectivity index (χ2n) is 5.53. The Hall–Kier alpha value is -2.76. The fourth-order valence-corrected chi connectivity index (χ4v) is 1.99. The maximum Gasteiger partial charge on any atom is 0.338 e. The number of rotatable bonds is 5. The number of hydrogen-bond acceptors (Lipinski definition) is 3. The van der Waals surface area contributed by atoms with Gasteiger partial charge in [0, 0.05) is 11.8 Å². The van der Waals surface area contributed by atoms with Crippen LogP contribution in [-0.4, -0.2) is 18.5 Å². The Morgan fingerprint density at radius 2 is 1.71 bits per heavy atom. The van der Waals surface area contributed by atoms with E-state index in [0.717, 1.165) is 17.7 Å². The molecular weight excluding hydrogens is 316 g/mol. The lowest BCUT2D eigenvalue weighted by atomic mass is 10.0. The molecule has 0 fully saturated rings. The SMILES string of the molecule is CC(C)c1ccc(C(=O)OCC(=O)Nc2ccc(F)c(F)c2)cc1. The van der Waals surface area contributed by atoms with Crippen LogP contribution in [0.1, 0.15) is 35.7 Å². The number of carbonyl (C=O) groups excluding carboxylic acids is 2. The van der Waals surface area contributed by atoms with E-state index in [-0.39, 0.29) is 5.69 Å². The van der Waals surface area contributed by atoms with Gasteiger partial charge in [-0.15, -0.1) is 0 Å². The number of anilines is 1. The molecule has 2 rings (SSSR count). The Kier molecular flexibility index (Phi) is 5.63. The predicted octanol–water partition coefficient (Wildman–Crippen LogP) is 3.88. The maximum absolute atomic E-state index is 13.0. The van der Waals surface area contributed by atoms with E-state index in [9.17, 15) is 18.4 Å². The van der Waals surface area contributed by atoms with Crippen LogP contribution in [0.4, 0.5) is 14.5 Å². The van der Waals surface area contributed by atoms with Crippen molar-refractivity contribution in [3.63, 3.8) is 0 Å². The Balaban J connectivity index is 1.88. The highest BCUT2D eigenvalue weighted by Gasteiger charge is 2.12. The normalized spacial score (nSPS) is 10.5. The van der Waals surface area contributed by atoms with Gasteiger partial charge in [0.25, 0.3) is 5.91 Å². The minimum atomic E-state index is -1.07. The molecular formula is C18H17F2NO3. The molecule has 0 bridgehead atoms. The maximum atomic E-state index is 13.0. The first-order valence-electron chi connectivity index (χ1n) is 7.39. The first kappa shape index (κ1) is 17.6. The average molecular weight is 333 g/mol. The van der Waals surface area contributed by atoms with Gasteiger partial charge in [-0.25, -0.2) is 13.6 Å². The quantitative estimate of drug-likeness (QED) is 0.845.